The summed E-state index contributed by atoms with van der Waals surface area (Å²) in [6, 6.07) is 0. The normalized spacial score (nSPS) is 25.4. The number of rotatable bonds is 14. The minimum absolute atomic E-state index is 0. The SMILES string of the molecule is CCCOP(=O)(O)OC1C[C@H](n2cc(C)c(=O)[nH]c2=O)O[C@@H]1CC.CCCOP(=O)(O)OC1C[C@H](n2cc(C)c(=O)[nH]c2=O)O[C@@H]1CO.N.[Na+]. The van der Waals surface area contributed by atoms with Crippen LogP contribution in [0.25, 0.3) is 0 Å². The molecule has 0 amide bonds. The number of phosphoric acid groups is 2. The standard InChI is InChI=1S/C14H23N2O7P.C13H21N2O8P.H3N.Na/c1-4-6-21-24(19,20)23-11-7-12(22-10(11)5-2)16-8-9(3)13(17)15-14(16)18;1-3-4-21-24(19,20)23-9-5-11(22-10(9)7-16)15-6-8(2)12(17)14-13(15)18;;/h8,10-12H,4-7H2,1-3H3,(H,19,20)(H,15,17,18);6,9-11,16H,3-5,7H2,1-2H3,(H,19,20)(H,14,17,18);1H3;/q;;;+1/t10-,11?,12-;9?,10-,11-;;/m11../s1. The van der Waals surface area contributed by atoms with Crippen LogP contribution >= 0.6 is 15.6 Å². The van der Waals surface area contributed by atoms with Gasteiger partial charge in [-0.15, -0.1) is 0 Å². The van der Waals surface area contributed by atoms with Crippen molar-refractivity contribution >= 4 is 15.6 Å². The van der Waals surface area contributed by atoms with Crippen LogP contribution in [0.3, 0.4) is 0 Å². The Bertz CT molecular complexity index is 1590. The fraction of sp³-hybridized carbons (Fsp3) is 0.704. The van der Waals surface area contributed by atoms with E-state index >= 15 is 0 Å². The molecule has 23 heteroatoms. The van der Waals surface area contributed by atoms with Crippen molar-refractivity contribution in [2.24, 2.45) is 0 Å². The Kier molecular flexibility index (Phi) is 19.1. The van der Waals surface area contributed by atoms with Crippen LogP contribution in [0.2, 0.25) is 0 Å². The zero-order valence-corrected chi connectivity index (χ0v) is 32.8. The van der Waals surface area contributed by atoms with E-state index in [-0.39, 0.29) is 61.8 Å². The van der Waals surface area contributed by atoms with Crippen molar-refractivity contribution in [2.45, 2.75) is 104 Å². The predicted octanol–water partition coefficient (Wildman–Crippen LogP) is -1.34. The molecule has 4 rings (SSSR count). The second kappa shape index (κ2) is 20.6. The van der Waals surface area contributed by atoms with Gasteiger partial charge in [-0.3, -0.25) is 46.8 Å². The third kappa shape index (κ3) is 12.8. The van der Waals surface area contributed by atoms with E-state index in [0.29, 0.717) is 30.4 Å². The van der Waals surface area contributed by atoms with Gasteiger partial charge in [-0.1, -0.05) is 20.8 Å². The van der Waals surface area contributed by atoms with E-state index in [2.05, 4.69) is 9.97 Å². The van der Waals surface area contributed by atoms with Crippen LogP contribution in [0.1, 0.15) is 76.5 Å². The first-order chi connectivity index (χ1) is 22.5. The molecule has 2 fully saturated rings. The predicted molar refractivity (Wildman–Crippen MR) is 173 cm³/mol. The third-order valence-electron chi connectivity index (χ3n) is 7.31. The van der Waals surface area contributed by atoms with Crippen LogP contribution in [-0.2, 0) is 36.7 Å². The molecule has 0 aromatic carbocycles. The Labute approximate surface area is 309 Å². The molecule has 0 spiro atoms. The number of aromatic amines is 2. The van der Waals surface area contributed by atoms with Crippen molar-refractivity contribution in [1.82, 2.24) is 25.3 Å². The summed E-state index contributed by atoms with van der Waals surface area (Å²) >= 11 is 0. The van der Waals surface area contributed by atoms with Crippen LogP contribution in [0.4, 0.5) is 0 Å². The Morgan fingerprint density at radius 2 is 1.16 bits per heavy atom. The first kappa shape index (κ1) is 46.4. The number of aliphatic hydroxyl groups is 1. The number of aliphatic hydroxyl groups excluding tert-OH is 1. The first-order valence-corrected chi connectivity index (χ1v) is 18.4. The van der Waals surface area contributed by atoms with Gasteiger partial charge in [0, 0.05) is 36.4 Å². The molecule has 4 unspecified atom stereocenters. The van der Waals surface area contributed by atoms with Gasteiger partial charge in [-0.05, 0) is 33.1 Å². The molecule has 0 bridgehead atoms. The fourth-order valence-electron chi connectivity index (χ4n) is 4.91. The number of hydrogen-bond donors (Lipinski definition) is 6. The average Bonchev–Trinajstić information content (AvgIpc) is 3.61. The van der Waals surface area contributed by atoms with E-state index in [1.54, 1.807) is 13.8 Å². The average molecular weight is 767 g/mol. The Hall–Kier alpha value is -1.58. The molecule has 280 valence electrons. The molecule has 4 heterocycles. The number of aromatic nitrogens is 4. The molecule has 20 nitrogen and oxygen atoms in total. The number of ether oxygens (including phenoxy) is 2. The van der Waals surface area contributed by atoms with Crippen molar-refractivity contribution < 1.29 is 81.1 Å². The second-order valence-electron chi connectivity index (χ2n) is 11.2. The molecule has 8 atom stereocenters. The van der Waals surface area contributed by atoms with Crippen LogP contribution in [-0.4, -0.2) is 78.2 Å². The van der Waals surface area contributed by atoms with Gasteiger partial charge in [0.2, 0.25) is 0 Å². The molecule has 0 saturated carbocycles. The summed E-state index contributed by atoms with van der Waals surface area (Å²) in [4.78, 5) is 70.5. The quantitative estimate of drug-likeness (QED) is 0.0958. The smallest absolute Gasteiger partial charge is 0.394 e. The molecule has 2 saturated heterocycles. The maximum Gasteiger partial charge on any atom is 1.00 e. The Balaban J connectivity index is 0.000000481. The van der Waals surface area contributed by atoms with Gasteiger partial charge in [-0.25, -0.2) is 18.7 Å². The molecule has 0 aliphatic carbocycles. The van der Waals surface area contributed by atoms with Gasteiger partial charge in [0.25, 0.3) is 11.1 Å². The molecule has 2 aliphatic heterocycles. The number of aryl methyl sites for hydroxylation is 2. The molecule has 0 radical (unpaired) electrons. The number of hydrogen-bond acceptors (Lipinski definition) is 14. The van der Waals surface area contributed by atoms with E-state index in [0.717, 1.165) is 4.57 Å². The Morgan fingerprint density at radius 1 is 0.780 bits per heavy atom. The van der Waals surface area contributed by atoms with Crippen LogP contribution in [0.15, 0.2) is 31.6 Å². The van der Waals surface area contributed by atoms with Gasteiger partial charge >= 0.3 is 56.6 Å². The summed E-state index contributed by atoms with van der Waals surface area (Å²) in [5.74, 6) is 0. The third-order valence-corrected chi connectivity index (χ3v) is 9.40. The molecule has 50 heavy (non-hydrogen) atoms. The zero-order chi connectivity index (χ0) is 35.8. The summed E-state index contributed by atoms with van der Waals surface area (Å²) in [7, 11) is -8.47. The minimum Gasteiger partial charge on any atom is -0.394 e. The molecule has 2 aromatic rings. The van der Waals surface area contributed by atoms with Crippen LogP contribution < -0.4 is 58.2 Å². The summed E-state index contributed by atoms with van der Waals surface area (Å²) in [5, 5.41) is 9.38. The summed E-state index contributed by atoms with van der Waals surface area (Å²) in [5.41, 5.74) is -1.56. The summed E-state index contributed by atoms with van der Waals surface area (Å²) in [6.07, 6.45) is 0.108. The first-order valence-electron chi connectivity index (χ1n) is 15.4. The van der Waals surface area contributed by atoms with E-state index < -0.39 is 81.6 Å². The van der Waals surface area contributed by atoms with E-state index in [1.165, 1.54) is 23.9 Å². The second-order valence-corrected chi connectivity index (χ2v) is 14.0. The monoisotopic (exact) mass is 766 g/mol. The van der Waals surface area contributed by atoms with Gasteiger partial charge < -0.3 is 30.5 Å². The van der Waals surface area contributed by atoms with Gasteiger partial charge in [-0.2, -0.15) is 0 Å². The number of phosphoric ester groups is 2. The maximum absolute atomic E-state index is 12.0. The van der Waals surface area contributed by atoms with Gasteiger partial charge in [0.15, 0.2) is 0 Å². The summed E-state index contributed by atoms with van der Waals surface area (Å²) < 4.78 is 57.4. The van der Waals surface area contributed by atoms with Crippen molar-refractivity contribution in [3.8, 4) is 0 Å². The van der Waals surface area contributed by atoms with Crippen LogP contribution in [0, 0.1) is 13.8 Å². The zero-order valence-electron chi connectivity index (χ0n) is 29.0. The van der Waals surface area contributed by atoms with E-state index in [9.17, 15) is 43.2 Å². The van der Waals surface area contributed by atoms with Crippen molar-refractivity contribution in [2.75, 3.05) is 19.8 Å². The maximum atomic E-state index is 12.0. The van der Waals surface area contributed by atoms with Crippen molar-refractivity contribution in [3.05, 3.63) is 65.2 Å². The molecular formula is C27H47N5NaO15P2+. The number of nitrogens with zero attached hydrogens (tertiary/aromatic N) is 2. The minimum atomic E-state index is -4.29. The summed E-state index contributed by atoms with van der Waals surface area (Å²) in [6.45, 7) is 8.24. The van der Waals surface area contributed by atoms with E-state index in [1.807, 2.05) is 13.8 Å². The number of nitrogens with one attached hydrogen (secondary N) is 2. The molecule has 2 aromatic heterocycles. The van der Waals surface area contributed by atoms with Crippen molar-refractivity contribution in [1.29, 1.82) is 0 Å². The van der Waals surface area contributed by atoms with E-state index in [4.69, 9.17) is 27.6 Å². The number of H-pyrrole nitrogens is 2. The van der Waals surface area contributed by atoms with Crippen molar-refractivity contribution in [3.63, 3.8) is 0 Å². The largest absolute Gasteiger partial charge is 1.00 e. The topological polar surface area (TPSA) is 295 Å². The Morgan fingerprint density at radius 3 is 1.52 bits per heavy atom. The molecule has 8 N–H and O–H groups in total. The van der Waals surface area contributed by atoms with Gasteiger partial charge in [0.1, 0.15) is 24.7 Å². The molecular weight excluding hydrogens is 719 g/mol. The molecule has 2 aliphatic rings. The van der Waals surface area contributed by atoms with Crippen LogP contribution in [0.5, 0.6) is 0 Å². The van der Waals surface area contributed by atoms with Gasteiger partial charge in [0.05, 0.1) is 32.0 Å². The fourth-order valence-corrected chi connectivity index (χ4v) is 6.98.